The number of benzene rings is 1. The number of nitrogens with zero attached hydrogens (tertiary/aromatic N) is 1. The van der Waals surface area contributed by atoms with Gasteiger partial charge in [-0.3, -0.25) is 4.79 Å². The number of alkyl halides is 3. The number of hydrogen-bond acceptors (Lipinski definition) is 4. The quantitative estimate of drug-likeness (QED) is 0.899. The van der Waals surface area contributed by atoms with Crippen molar-refractivity contribution in [3.05, 3.63) is 24.3 Å². The van der Waals surface area contributed by atoms with E-state index in [1.165, 1.54) is 25.2 Å². The van der Waals surface area contributed by atoms with Gasteiger partial charge in [-0.2, -0.15) is 13.2 Å². The number of aliphatic carboxylic acids is 1. The number of rotatable bonds is 5. The molecule has 112 valence electrons. The van der Waals surface area contributed by atoms with Gasteiger partial charge in [0, 0.05) is 13.6 Å². The molecule has 0 amide bonds. The summed E-state index contributed by atoms with van der Waals surface area (Å²) in [5.74, 6) is -1.13. The minimum absolute atomic E-state index is 0.111. The second kappa shape index (κ2) is 5.70. The van der Waals surface area contributed by atoms with Crippen LogP contribution in [0.2, 0.25) is 0 Å². The topological polar surface area (TPSA) is 74.7 Å². The van der Waals surface area contributed by atoms with Crippen LogP contribution in [-0.2, 0) is 14.6 Å². The molecular formula is C11H12F3NO4S. The van der Waals surface area contributed by atoms with Crippen LogP contribution in [0.5, 0.6) is 0 Å². The molecule has 0 atom stereocenters. The van der Waals surface area contributed by atoms with Crippen LogP contribution in [0.3, 0.4) is 0 Å². The highest BCUT2D eigenvalue weighted by Gasteiger charge is 2.48. The smallest absolute Gasteiger partial charge is 0.481 e. The number of sulfone groups is 1. The Labute approximate surface area is 113 Å². The summed E-state index contributed by atoms with van der Waals surface area (Å²) in [4.78, 5) is 10.7. The number of para-hydroxylation sites is 1. The lowest BCUT2D eigenvalue weighted by Gasteiger charge is -2.22. The van der Waals surface area contributed by atoms with Gasteiger partial charge in [-0.05, 0) is 12.1 Å². The Hall–Kier alpha value is -1.77. The standard InChI is InChI=1S/C11H12F3NO4S/c1-15(7-6-10(16)17)8-4-2-3-5-9(8)20(18,19)11(12,13)14/h2-5H,6-7H2,1H3,(H,16,17). The number of hydrogen-bond donors (Lipinski definition) is 1. The SMILES string of the molecule is CN(CCC(=O)O)c1ccccc1S(=O)(=O)C(F)(F)F. The van der Waals surface area contributed by atoms with Crippen LogP contribution in [0.4, 0.5) is 18.9 Å². The average Bonchev–Trinajstić information content (AvgIpc) is 2.34. The molecule has 0 aliphatic carbocycles. The molecule has 20 heavy (non-hydrogen) atoms. The Morgan fingerprint density at radius 2 is 1.85 bits per heavy atom. The third-order valence-electron chi connectivity index (χ3n) is 2.53. The molecule has 0 bridgehead atoms. The Morgan fingerprint density at radius 1 is 1.30 bits per heavy atom. The Kier molecular flexibility index (Phi) is 4.64. The first-order chi connectivity index (χ1) is 9.07. The first kappa shape index (κ1) is 16.3. The van der Waals surface area contributed by atoms with Crippen molar-refractivity contribution in [2.75, 3.05) is 18.5 Å². The highest BCUT2D eigenvalue weighted by molar-refractivity contribution is 7.92. The van der Waals surface area contributed by atoms with E-state index in [4.69, 9.17) is 5.11 Å². The van der Waals surface area contributed by atoms with Gasteiger partial charge in [0.25, 0.3) is 9.84 Å². The lowest BCUT2D eigenvalue weighted by atomic mass is 10.3. The van der Waals surface area contributed by atoms with Crippen molar-refractivity contribution in [3.8, 4) is 0 Å². The normalized spacial score (nSPS) is 12.2. The summed E-state index contributed by atoms with van der Waals surface area (Å²) in [6.07, 6.45) is -0.323. The Morgan fingerprint density at radius 3 is 2.35 bits per heavy atom. The lowest BCUT2D eigenvalue weighted by molar-refractivity contribution is -0.136. The van der Waals surface area contributed by atoms with E-state index in [0.29, 0.717) is 0 Å². The lowest BCUT2D eigenvalue weighted by Crippen LogP contribution is -2.28. The molecule has 1 N–H and O–H groups in total. The highest BCUT2D eigenvalue weighted by atomic mass is 32.2. The van der Waals surface area contributed by atoms with Crippen LogP contribution < -0.4 is 4.90 Å². The van der Waals surface area contributed by atoms with Gasteiger partial charge in [-0.1, -0.05) is 12.1 Å². The predicted octanol–water partition coefficient (Wildman–Crippen LogP) is 1.89. The maximum absolute atomic E-state index is 12.6. The third-order valence-corrected chi connectivity index (χ3v) is 4.07. The molecule has 0 saturated carbocycles. The predicted molar refractivity (Wildman–Crippen MR) is 65.2 cm³/mol. The summed E-state index contributed by atoms with van der Waals surface area (Å²) in [5.41, 5.74) is -5.59. The van der Waals surface area contributed by atoms with Crippen LogP contribution in [-0.4, -0.2) is 38.6 Å². The molecule has 0 spiro atoms. The van der Waals surface area contributed by atoms with Crippen LogP contribution in [0, 0.1) is 0 Å². The molecule has 1 rings (SSSR count). The van der Waals surface area contributed by atoms with Crippen LogP contribution in [0.1, 0.15) is 6.42 Å². The number of carbonyl (C=O) groups is 1. The van der Waals surface area contributed by atoms with Gasteiger partial charge < -0.3 is 10.0 Å². The minimum Gasteiger partial charge on any atom is -0.481 e. The number of halogens is 3. The highest BCUT2D eigenvalue weighted by Crippen LogP contribution is 2.35. The van der Waals surface area contributed by atoms with Crippen molar-refractivity contribution >= 4 is 21.5 Å². The van der Waals surface area contributed by atoms with E-state index in [2.05, 4.69) is 0 Å². The molecule has 0 radical (unpaired) electrons. The number of anilines is 1. The van der Waals surface area contributed by atoms with Crippen LogP contribution >= 0.6 is 0 Å². The summed E-state index contributed by atoms with van der Waals surface area (Å²) in [6.45, 7) is -0.111. The molecule has 9 heteroatoms. The van der Waals surface area contributed by atoms with Crippen molar-refractivity contribution in [1.82, 2.24) is 0 Å². The Bertz CT molecular complexity index is 598. The van der Waals surface area contributed by atoms with E-state index in [1.807, 2.05) is 0 Å². The van der Waals surface area contributed by atoms with E-state index in [9.17, 15) is 26.4 Å². The molecule has 0 aliphatic rings. The third kappa shape index (κ3) is 3.41. The van der Waals surface area contributed by atoms with Crippen molar-refractivity contribution in [2.45, 2.75) is 16.8 Å². The first-order valence-electron chi connectivity index (χ1n) is 5.40. The molecule has 1 aromatic rings. The van der Waals surface area contributed by atoms with E-state index in [0.717, 1.165) is 11.0 Å². The fourth-order valence-electron chi connectivity index (χ4n) is 1.51. The van der Waals surface area contributed by atoms with Crippen molar-refractivity contribution in [3.63, 3.8) is 0 Å². The molecule has 0 heterocycles. The fourth-order valence-corrected chi connectivity index (χ4v) is 2.51. The maximum atomic E-state index is 12.6. The minimum atomic E-state index is -5.48. The van der Waals surface area contributed by atoms with Gasteiger partial charge in [0.2, 0.25) is 0 Å². The van der Waals surface area contributed by atoms with E-state index >= 15 is 0 Å². The summed E-state index contributed by atoms with van der Waals surface area (Å²) in [6, 6.07) is 4.59. The summed E-state index contributed by atoms with van der Waals surface area (Å²) in [5, 5.41) is 8.54. The number of carboxylic acids is 1. The molecule has 0 fully saturated rings. The van der Waals surface area contributed by atoms with Crippen molar-refractivity contribution in [1.29, 1.82) is 0 Å². The largest absolute Gasteiger partial charge is 0.501 e. The van der Waals surface area contributed by atoms with Gasteiger partial charge in [0.1, 0.15) is 0 Å². The monoisotopic (exact) mass is 311 g/mol. The molecular weight excluding hydrogens is 299 g/mol. The van der Waals surface area contributed by atoms with E-state index in [1.54, 1.807) is 0 Å². The van der Waals surface area contributed by atoms with Crippen molar-refractivity contribution in [2.24, 2.45) is 0 Å². The zero-order valence-corrected chi connectivity index (χ0v) is 11.2. The second-order valence-electron chi connectivity index (χ2n) is 3.98. The van der Waals surface area contributed by atoms with Crippen molar-refractivity contribution < 1.29 is 31.5 Å². The molecule has 0 aliphatic heterocycles. The zero-order chi connectivity index (χ0) is 15.6. The molecule has 1 aromatic carbocycles. The van der Waals surface area contributed by atoms with Gasteiger partial charge in [0.05, 0.1) is 17.0 Å². The molecule has 0 saturated heterocycles. The van der Waals surface area contributed by atoms with Crippen LogP contribution in [0.25, 0.3) is 0 Å². The second-order valence-corrected chi connectivity index (χ2v) is 5.89. The molecule has 0 aromatic heterocycles. The number of carboxylic acid groups (broad SMARTS) is 1. The van der Waals surface area contributed by atoms with E-state index in [-0.39, 0.29) is 18.7 Å². The zero-order valence-electron chi connectivity index (χ0n) is 10.4. The maximum Gasteiger partial charge on any atom is 0.501 e. The summed E-state index contributed by atoms with van der Waals surface area (Å²) >= 11 is 0. The van der Waals surface area contributed by atoms with Gasteiger partial charge in [-0.25, -0.2) is 8.42 Å². The Balaban J connectivity index is 3.22. The molecule has 5 nitrogen and oxygen atoms in total. The van der Waals surface area contributed by atoms with Gasteiger partial charge in [0.15, 0.2) is 0 Å². The van der Waals surface area contributed by atoms with Gasteiger partial charge >= 0.3 is 11.5 Å². The van der Waals surface area contributed by atoms with Crippen LogP contribution in [0.15, 0.2) is 29.2 Å². The average molecular weight is 311 g/mol. The van der Waals surface area contributed by atoms with E-state index < -0.39 is 26.2 Å². The fraction of sp³-hybridized carbons (Fsp3) is 0.364. The molecule has 0 unspecified atom stereocenters. The summed E-state index contributed by atoms with van der Waals surface area (Å²) < 4.78 is 60.6. The van der Waals surface area contributed by atoms with Gasteiger partial charge in [-0.15, -0.1) is 0 Å². The summed E-state index contributed by atoms with van der Waals surface area (Å²) in [7, 11) is -4.15. The first-order valence-corrected chi connectivity index (χ1v) is 6.89.